The number of benzene rings is 1. The molecular formula is C23H29F3N2O3. The minimum atomic E-state index is -4.30. The third-order valence-electron chi connectivity index (χ3n) is 6.35. The normalized spacial score (nSPS) is 22.2. The third-order valence-corrected chi connectivity index (χ3v) is 6.35. The van der Waals surface area contributed by atoms with E-state index in [1.165, 1.54) is 16.7 Å². The summed E-state index contributed by atoms with van der Waals surface area (Å²) in [5, 5.41) is 12.9. The number of nitrogens with one attached hydrogen (secondary N) is 1. The summed E-state index contributed by atoms with van der Waals surface area (Å²) in [6, 6.07) is 6.46. The molecule has 1 aromatic rings. The number of carbonyl (C=O) groups is 2. The Bertz CT molecular complexity index is 871. The fraction of sp³-hybridized carbons (Fsp3) is 0.565. The third kappa shape index (κ3) is 5.80. The van der Waals surface area contributed by atoms with Gasteiger partial charge in [0.05, 0.1) is 12.1 Å². The zero-order valence-corrected chi connectivity index (χ0v) is 17.9. The van der Waals surface area contributed by atoms with E-state index >= 15 is 0 Å². The summed E-state index contributed by atoms with van der Waals surface area (Å²) >= 11 is 0. The van der Waals surface area contributed by atoms with Gasteiger partial charge >= 0.3 is 6.18 Å². The van der Waals surface area contributed by atoms with Crippen LogP contribution < -0.4 is 5.32 Å². The van der Waals surface area contributed by atoms with E-state index in [9.17, 15) is 27.9 Å². The molecule has 1 aliphatic carbocycles. The van der Waals surface area contributed by atoms with Gasteiger partial charge in [-0.05, 0) is 68.6 Å². The van der Waals surface area contributed by atoms with Gasteiger partial charge in [0.25, 0.3) is 11.8 Å². The van der Waals surface area contributed by atoms with Crippen molar-refractivity contribution in [2.24, 2.45) is 0 Å². The van der Waals surface area contributed by atoms with Crippen LogP contribution in [0.5, 0.6) is 0 Å². The second kappa shape index (κ2) is 9.32. The minimum Gasteiger partial charge on any atom is -0.503 e. The van der Waals surface area contributed by atoms with Crippen molar-refractivity contribution < 1.29 is 27.9 Å². The van der Waals surface area contributed by atoms with Crippen molar-refractivity contribution in [3.8, 4) is 0 Å². The highest BCUT2D eigenvalue weighted by molar-refractivity contribution is 6.07. The van der Waals surface area contributed by atoms with Crippen molar-refractivity contribution in [2.45, 2.75) is 70.5 Å². The topological polar surface area (TPSA) is 69.6 Å². The van der Waals surface area contributed by atoms with Crippen LogP contribution in [0.25, 0.3) is 0 Å². The predicted molar refractivity (Wildman–Crippen MR) is 111 cm³/mol. The first-order valence-corrected chi connectivity index (χ1v) is 10.7. The molecule has 5 nitrogen and oxygen atoms in total. The molecule has 170 valence electrons. The van der Waals surface area contributed by atoms with Crippen LogP contribution >= 0.6 is 0 Å². The molecule has 0 atom stereocenters. The molecule has 2 amide bonds. The van der Waals surface area contributed by atoms with Gasteiger partial charge in [-0.25, -0.2) is 0 Å². The van der Waals surface area contributed by atoms with E-state index in [0.717, 1.165) is 30.6 Å². The molecule has 2 aliphatic rings. The number of aliphatic hydroxyl groups is 1. The molecule has 2 N–H and O–H groups in total. The van der Waals surface area contributed by atoms with Crippen LogP contribution in [-0.4, -0.2) is 47.1 Å². The minimum absolute atomic E-state index is 0.0509. The second-order valence-electron chi connectivity index (χ2n) is 8.64. The lowest BCUT2D eigenvalue weighted by Crippen LogP contribution is -2.39. The standard InChI is InChI=1S/C23H29F3N2O3/c1-14-4-5-17(12-15(14)2)16-6-8-18(9-7-16)27-21(30)19-13-28(22(31)20(19)29)11-3-10-23(24,25)26/h4-5,12,16,18,29H,3,6-11,13H2,1-2H3,(H,27,30). The molecule has 8 heteroatoms. The Morgan fingerprint density at radius 3 is 2.45 bits per heavy atom. The number of nitrogens with zero attached hydrogens (tertiary/aromatic N) is 1. The number of hydrogen-bond acceptors (Lipinski definition) is 3. The van der Waals surface area contributed by atoms with E-state index in [-0.39, 0.29) is 31.1 Å². The highest BCUT2D eigenvalue weighted by Gasteiger charge is 2.36. The highest BCUT2D eigenvalue weighted by atomic mass is 19.4. The van der Waals surface area contributed by atoms with Crippen LogP contribution in [0.1, 0.15) is 61.1 Å². The highest BCUT2D eigenvalue weighted by Crippen LogP contribution is 2.34. The van der Waals surface area contributed by atoms with Gasteiger partial charge in [0.1, 0.15) is 0 Å². The molecule has 1 aliphatic heterocycles. The predicted octanol–water partition coefficient (Wildman–Crippen LogP) is 4.44. The lowest BCUT2D eigenvalue weighted by atomic mass is 9.81. The Morgan fingerprint density at radius 2 is 1.84 bits per heavy atom. The summed E-state index contributed by atoms with van der Waals surface area (Å²) in [4.78, 5) is 25.8. The van der Waals surface area contributed by atoms with Gasteiger partial charge in [-0.3, -0.25) is 9.59 Å². The maximum absolute atomic E-state index is 12.6. The van der Waals surface area contributed by atoms with Crippen molar-refractivity contribution in [1.82, 2.24) is 10.2 Å². The van der Waals surface area contributed by atoms with Crippen LogP contribution in [0.3, 0.4) is 0 Å². The van der Waals surface area contributed by atoms with Gasteiger partial charge in [-0.2, -0.15) is 13.2 Å². The molecule has 0 aromatic heterocycles. The van der Waals surface area contributed by atoms with Crippen LogP contribution in [0, 0.1) is 13.8 Å². The monoisotopic (exact) mass is 438 g/mol. The summed E-state index contributed by atoms with van der Waals surface area (Å²) in [5.41, 5.74) is 3.77. The molecule has 0 radical (unpaired) electrons. The van der Waals surface area contributed by atoms with Crippen molar-refractivity contribution in [1.29, 1.82) is 0 Å². The summed E-state index contributed by atoms with van der Waals surface area (Å²) in [5.74, 6) is -1.52. The van der Waals surface area contributed by atoms with E-state index in [2.05, 4.69) is 37.4 Å². The largest absolute Gasteiger partial charge is 0.503 e. The molecule has 1 heterocycles. The number of halogens is 3. The van der Waals surface area contributed by atoms with Gasteiger partial charge in [0, 0.05) is 19.0 Å². The zero-order valence-electron chi connectivity index (χ0n) is 17.9. The van der Waals surface area contributed by atoms with E-state index in [1.807, 2.05) is 0 Å². The number of alkyl halides is 3. The summed E-state index contributed by atoms with van der Waals surface area (Å²) in [6.45, 7) is 3.87. The lowest BCUT2D eigenvalue weighted by molar-refractivity contribution is -0.139. The fourth-order valence-electron chi connectivity index (χ4n) is 4.31. The smallest absolute Gasteiger partial charge is 0.389 e. The summed E-state index contributed by atoms with van der Waals surface area (Å²) in [7, 11) is 0. The summed E-state index contributed by atoms with van der Waals surface area (Å²) < 4.78 is 36.9. The molecule has 0 bridgehead atoms. The van der Waals surface area contributed by atoms with Crippen molar-refractivity contribution in [3.63, 3.8) is 0 Å². The number of rotatable bonds is 6. The van der Waals surface area contributed by atoms with E-state index < -0.39 is 30.2 Å². The van der Waals surface area contributed by atoms with Crippen LogP contribution in [0.4, 0.5) is 13.2 Å². The molecule has 1 aromatic carbocycles. The molecule has 31 heavy (non-hydrogen) atoms. The fourth-order valence-corrected chi connectivity index (χ4v) is 4.31. The molecule has 1 saturated carbocycles. The first-order chi connectivity index (χ1) is 14.5. The van der Waals surface area contributed by atoms with Crippen molar-refractivity contribution >= 4 is 11.8 Å². The lowest BCUT2D eigenvalue weighted by Gasteiger charge is -2.30. The van der Waals surface area contributed by atoms with Gasteiger partial charge in [0.2, 0.25) is 0 Å². The molecule has 3 rings (SSSR count). The second-order valence-corrected chi connectivity index (χ2v) is 8.64. The number of aryl methyl sites for hydroxylation is 2. The molecule has 0 saturated heterocycles. The molecule has 1 fully saturated rings. The zero-order chi connectivity index (χ0) is 22.8. The maximum Gasteiger partial charge on any atom is 0.389 e. The van der Waals surface area contributed by atoms with Crippen molar-refractivity contribution in [2.75, 3.05) is 13.1 Å². The van der Waals surface area contributed by atoms with Gasteiger partial charge in [0.15, 0.2) is 5.76 Å². The molecular weight excluding hydrogens is 409 g/mol. The van der Waals surface area contributed by atoms with E-state index in [4.69, 9.17) is 0 Å². The van der Waals surface area contributed by atoms with Crippen molar-refractivity contribution in [3.05, 3.63) is 46.2 Å². The van der Waals surface area contributed by atoms with Gasteiger partial charge in [-0.1, -0.05) is 18.2 Å². The Hall–Kier alpha value is -2.51. The Kier molecular flexibility index (Phi) is 6.96. The van der Waals surface area contributed by atoms with Gasteiger partial charge < -0.3 is 15.3 Å². The average molecular weight is 438 g/mol. The van der Waals surface area contributed by atoms with Crippen LogP contribution in [-0.2, 0) is 9.59 Å². The average Bonchev–Trinajstić information content (AvgIpc) is 2.98. The Labute approximate surface area is 180 Å². The van der Waals surface area contributed by atoms with Crippen LogP contribution in [0.15, 0.2) is 29.5 Å². The first-order valence-electron chi connectivity index (χ1n) is 10.7. The Balaban J connectivity index is 1.50. The van der Waals surface area contributed by atoms with Crippen LogP contribution in [0.2, 0.25) is 0 Å². The number of amides is 2. The number of hydrogen-bond donors (Lipinski definition) is 2. The quantitative estimate of drug-likeness (QED) is 0.690. The molecule has 0 spiro atoms. The first kappa shape index (κ1) is 23.2. The Morgan fingerprint density at radius 1 is 1.16 bits per heavy atom. The maximum atomic E-state index is 12.6. The van der Waals surface area contributed by atoms with E-state index in [1.54, 1.807) is 0 Å². The number of aliphatic hydroxyl groups excluding tert-OH is 1. The van der Waals surface area contributed by atoms with E-state index in [0.29, 0.717) is 5.92 Å². The number of carbonyl (C=O) groups excluding carboxylic acids is 2. The molecule has 0 unspecified atom stereocenters. The SMILES string of the molecule is Cc1ccc(C2CCC(NC(=O)C3=C(O)C(=O)N(CCCC(F)(F)F)C3)CC2)cc1C. The summed E-state index contributed by atoms with van der Waals surface area (Å²) in [6.07, 6.45) is -2.12. The van der Waals surface area contributed by atoms with Gasteiger partial charge in [-0.15, -0.1) is 0 Å².